The molecule has 0 aromatic heterocycles. The molecule has 0 saturated carbocycles. The maximum Gasteiger partial charge on any atom is 0.255 e. The number of halogens is 1. The van der Waals surface area contributed by atoms with E-state index in [0.717, 1.165) is 5.75 Å². The molecular formula is C14H20ClNO2S. The van der Waals surface area contributed by atoms with Crippen LogP contribution in [0, 0.1) is 0 Å². The van der Waals surface area contributed by atoms with Crippen molar-refractivity contribution in [3.8, 4) is 5.75 Å². The first-order chi connectivity index (χ1) is 8.83. The molecule has 0 unspecified atom stereocenters. The summed E-state index contributed by atoms with van der Waals surface area (Å²) >= 11 is 7.71. The zero-order valence-corrected chi connectivity index (χ0v) is 13.3. The van der Waals surface area contributed by atoms with Gasteiger partial charge >= 0.3 is 0 Å². The van der Waals surface area contributed by atoms with Gasteiger partial charge in [0.2, 0.25) is 0 Å². The predicted molar refractivity (Wildman–Crippen MR) is 82.5 cm³/mol. The van der Waals surface area contributed by atoms with Crippen LogP contribution in [0.1, 0.15) is 31.1 Å². The second-order valence-corrected chi connectivity index (χ2v) is 7.42. The maximum absolute atomic E-state index is 12.0. The van der Waals surface area contributed by atoms with Crippen molar-refractivity contribution in [2.75, 3.05) is 19.4 Å². The number of ether oxygens (including phenoxy) is 1. The van der Waals surface area contributed by atoms with E-state index in [0.29, 0.717) is 22.9 Å². The minimum absolute atomic E-state index is 0.158. The largest absolute Gasteiger partial charge is 0.496 e. The average molecular weight is 302 g/mol. The van der Waals surface area contributed by atoms with Crippen LogP contribution in [-0.4, -0.2) is 30.1 Å². The van der Waals surface area contributed by atoms with E-state index in [1.165, 1.54) is 7.11 Å². The van der Waals surface area contributed by atoms with Gasteiger partial charge in [0.1, 0.15) is 5.75 Å². The van der Waals surface area contributed by atoms with Crippen molar-refractivity contribution in [1.29, 1.82) is 0 Å². The van der Waals surface area contributed by atoms with Crippen molar-refractivity contribution in [3.05, 3.63) is 28.8 Å². The van der Waals surface area contributed by atoms with Gasteiger partial charge < -0.3 is 10.1 Å². The standard InChI is InChI=1S/C14H20ClNO2S/c1-14(2,3)19-8-7-16-13(17)11-9-10(15)5-6-12(11)18-4/h5-6,9H,7-8H2,1-4H3,(H,16,17). The van der Waals surface area contributed by atoms with Crippen LogP contribution in [-0.2, 0) is 0 Å². The van der Waals surface area contributed by atoms with Gasteiger partial charge in [0.05, 0.1) is 12.7 Å². The Morgan fingerprint density at radius 1 is 1.42 bits per heavy atom. The second kappa shape index (κ2) is 7.06. The third-order valence-electron chi connectivity index (χ3n) is 2.33. The topological polar surface area (TPSA) is 38.3 Å². The molecule has 19 heavy (non-hydrogen) atoms. The van der Waals surface area contributed by atoms with Gasteiger partial charge in [-0.25, -0.2) is 0 Å². The lowest BCUT2D eigenvalue weighted by Gasteiger charge is -2.17. The van der Waals surface area contributed by atoms with Crippen molar-refractivity contribution in [1.82, 2.24) is 5.32 Å². The third-order valence-corrected chi connectivity index (χ3v) is 3.84. The van der Waals surface area contributed by atoms with E-state index in [4.69, 9.17) is 16.3 Å². The Kier molecular flexibility index (Phi) is 6.01. The fourth-order valence-electron chi connectivity index (χ4n) is 1.47. The summed E-state index contributed by atoms with van der Waals surface area (Å²) in [6.45, 7) is 7.08. The van der Waals surface area contributed by atoms with E-state index in [2.05, 4.69) is 26.1 Å². The fourth-order valence-corrected chi connectivity index (χ4v) is 2.46. The van der Waals surface area contributed by atoms with Gasteiger partial charge in [0, 0.05) is 22.1 Å². The molecular weight excluding hydrogens is 282 g/mol. The smallest absolute Gasteiger partial charge is 0.255 e. The summed E-state index contributed by atoms with van der Waals surface area (Å²) in [5.74, 6) is 1.25. The molecule has 0 heterocycles. The van der Waals surface area contributed by atoms with Gasteiger partial charge in [0.25, 0.3) is 5.91 Å². The lowest BCUT2D eigenvalue weighted by Crippen LogP contribution is -2.27. The zero-order chi connectivity index (χ0) is 14.5. The summed E-state index contributed by atoms with van der Waals surface area (Å²) in [5.41, 5.74) is 0.468. The molecule has 106 valence electrons. The normalized spacial score (nSPS) is 11.2. The van der Waals surface area contributed by atoms with Gasteiger partial charge in [-0.05, 0) is 18.2 Å². The molecule has 1 rings (SSSR count). The van der Waals surface area contributed by atoms with Gasteiger partial charge in [-0.15, -0.1) is 0 Å². The van der Waals surface area contributed by atoms with Gasteiger partial charge in [-0.2, -0.15) is 11.8 Å². The molecule has 1 amide bonds. The number of benzene rings is 1. The van der Waals surface area contributed by atoms with Crippen LogP contribution < -0.4 is 10.1 Å². The summed E-state index contributed by atoms with van der Waals surface area (Å²) in [6, 6.07) is 5.01. The van der Waals surface area contributed by atoms with Crippen molar-refractivity contribution in [2.45, 2.75) is 25.5 Å². The molecule has 0 spiro atoms. The average Bonchev–Trinajstić information content (AvgIpc) is 2.33. The minimum atomic E-state index is -0.158. The number of amides is 1. The van der Waals surface area contributed by atoms with Crippen molar-refractivity contribution in [2.24, 2.45) is 0 Å². The number of hydrogen-bond donors (Lipinski definition) is 1. The highest BCUT2D eigenvalue weighted by atomic mass is 35.5. The van der Waals surface area contributed by atoms with Crippen LogP contribution in [0.3, 0.4) is 0 Å². The van der Waals surface area contributed by atoms with Crippen molar-refractivity contribution in [3.63, 3.8) is 0 Å². The number of thioether (sulfide) groups is 1. The first-order valence-electron chi connectivity index (χ1n) is 6.09. The van der Waals surface area contributed by atoms with Crippen LogP contribution in [0.15, 0.2) is 18.2 Å². The highest BCUT2D eigenvalue weighted by Gasteiger charge is 2.13. The number of hydrogen-bond acceptors (Lipinski definition) is 3. The molecule has 0 atom stereocenters. The molecule has 0 bridgehead atoms. The van der Waals surface area contributed by atoms with Crippen molar-refractivity contribution < 1.29 is 9.53 Å². The summed E-state index contributed by atoms with van der Waals surface area (Å²) in [4.78, 5) is 12.0. The van der Waals surface area contributed by atoms with Crippen LogP contribution in [0.25, 0.3) is 0 Å². The third kappa shape index (κ3) is 5.74. The quantitative estimate of drug-likeness (QED) is 0.844. The molecule has 0 aliphatic carbocycles. The van der Waals surface area contributed by atoms with Crippen molar-refractivity contribution >= 4 is 29.3 Å². The molecule has 5 heteroatoms. The Morgan fingerprint density at radius 3 is 2.68 bits per heavy atom. The van der Waals surface area contributed by atoms with E-state index < -0.39 is 0 Å². The molecule has 1 aromatic rings. The first kappa shape index (κ1) is 16.2. The number of rotatable bonds is 5. The summed E-state index contributed by atoms with van der Waals surface area (Å²) < 4.78 is 5.36. The molecule has 1 N–H and O–H groups in total. The van der Waals surface area contributed by atoms with Crippen LogP contribution in [0.2, 0.25) is 5.02 Å². The van der Waals surface area contributed by atoms with Crippen LogP contribution in [0.4, 0.5) is 0 Å². The van der Waals surface area contributed by atoms with Crippen LogP contribution >= 0.6 is 23.4 Å². The SMILES string of the molecule is COc1ccc(Cl)cc1C(=O)NCCSC(C)(C)C. The Balaban J connectivity index is 2.56. The molecule has 0 saturated heterocycles. The summed E-state index contributed by atoms with van der Waals surface area (Å²) in [7, 11) is 1.54. The highest BCUT2D eigenvalue weighted by molar-refractivity contribution is 8.00. The fraction of sp³-hybridized carbons (Fsp3) is 0.500. The Bertz CT molecular complexity index is 444. The van der Waals surface area contributed by atoms with Gasteiger partial charge in [-0.3, -0.25) is 4.79 Å². The van der Waals surface area contributed by atoms with E-state index in [9.17, 15) is 4.79 Å². The maximum atomic E-state index is 12.0. The van der Waals surface area contributed by atoms with Crippen LogP contribution in [0.5, 0.6) is 5.75 Å². The second-order valence-electron chi connectivity index (χ2n) is 5.06. The molecule has 0 radical (unpaired) electrons. The molecule has 1 aromatic carbocycles. The summed E-state index contributed by atoms with van der Waals surface area (Å²) in [6.07, 6.45) is 0. The van der Waals surface area contributed by atoms with E-state index >= 15 is 0 Å². The number of nitrogens with one attached hydrogen (secondary N) is 1. The van der Waals surface area contributed by atoms with Gasteiger partial charge in [-0.1, -0.05) is 32.4 Å². The lowest BCUT2D eigenvalue weighted by atomic mass is 10.2. The van der Waals surface area contributed by atoms with Gasteiger partial charge in [0.15, 0.2) is 0 Å². The molecule has 0 aliphatic heterocycles. The summed E-state index contributed by atoms with van der Waals surface area (Å²) in [5, 5.41) is 3.40. The Morgan fingerprint density at radius 2 is 2.11 bits per heavy atom. The Hall–Kier alpha value is -0.870. The monoisotopic (exact) mass is 301 g/mol. The number of methoxy groups -OCH3 is 1. The highest BCUT2D eigenvalue weighted by Crippen LogP contribution is 2.23. The predicted octanol–water partition coefficient (Wildman–Crippen LogP) is 3.61. The number of carbonyl (C=O) groups is 1. The minimum Gasteiger partial charge on any atom is -0.496 e. The van der Waals surface area contributed by atoms with E-state index in [-0.39, 0.29) is 10.7 Å². The first-order valence-corrected chi connectivity index (χ1v) is 7.45. The molecule has 3 nitrogen and oxygen atoms in total. The Labute approximate surface area is 124 Å². The zero-order valence-electron chi connectivity index (χ0n) is 11.7. The lowest BCUT2D eigenvalue weighted by molar-refractivity contribution is 0.0953. The van der Waals surface area contributed by atoms with E-state index in [1.54, 1.807) is 18.2 Å². The molecule has 0 fully saturated rings. The van der Waals surface area contributed by atoms with E-state index in [1.807, 2.05) is 11.8 Å². The molecule has 0 aliphatic rings. The number of carbonyl (C=O) groups excluding carboxylic acids is 1.